The van der Waals surface area contributed by atoms with Gasteiger partial charge in [0.2, 0.25) is 0 Å². The van der Waals surface area contributed by atoms with Gasteiger partial charge in [-0.1, -0.05) is 0 Å². The molecule has 1 aliphatic rings. The fraction of sp³-hybridized carbons (Fsp3) is 0.300. The maximum atomic E-state index is 5.23. The summed E-state index contributed by atoms with van der Waals surface area (Å²) >= 11 is 8.64. The Hall–Kier alpha value is -1.01. The molecule has 1 N–H and O–H groups in total. The first kappa shape index (κ1) is 10.2. The molecule has 16 heavy (non-hydrogen) atoms. The maximum absolute atomic E-state index is 5.23. The minimum Gasteiger partial charge on any atom is -0.297 e. The molecule has 0 bridgehead atoms. The lowest BCUT2D eigenvalue weighted by molar-refractivity contribution is 0.735. The van der Waals surface area contributed by atoms with Crippen LogP contribution in [0, 0.1) is 4.77 Å². The number of pyridine rings is 1. The number of nitrogens with one attached hydrogen (secondary N) is 1. The summed E-state index contributed by atoms with van der Waals surface area (Å²) < 4.78 is 3.72. The molecule has 0 aliphatic heterocycles. The summed E-state index contributed by atoms with van der Waals surface area (Å²) in [6.07, 6.45) is 5.92. The van der Waals surface area contributed by atoms with Gasteiger partial charge in [-0.25, -0.2) is 0 Å². The SMILES string of the molecule is S=c1[nH]nc(-c2cncc(Br)c2)n1C1CC1. The highest BCUT2D eigenvalue weighted by Crippen LogP contribution is 2.38. The second-order valence-electron chi connectivity index (χ2n) is 3.85. The van der Waals surface area contributed by atoms with Gasteiger partial charge in [-0.05, 0) is 47.1 Å². The number of hydrogen-bond donors (Lipinski definition) is 1. The molecule has 0 amide bonds. The molecule has 82 valence electrons. The molecular formula is C10H9BrN4S. The van der Waals surface area contributed by atoms with Crippen LogP contribution in [0.4, 0.5) is 0 Å². The van der Waals surface area contributed by atoms with E-state index in [-0.39, 0.29) is 0 Å². The molecule has 1 saturated carbocycles. The predicted octanol–water partition coefficient (Wildman–Crippen LogP) is 3.10. The lowest BCUT2D eigenvalue weighted by Crippen LogP contribution is -1.97. The van der Waals surface area contributed by atoms with Crippen LogP contribution in [0.2, 0.25) is 0 Å². The molecule has 0 saturated heterocycles. The van der Waals surface area contributed by atoms with Crippen molar-refractivity contribution >= 4 is 28.1 Å². The molecule has 2 aromatic heterocycles. The third-order valence-corrected chi connectivity index (χ3v) is 3.30. The molecule has 0 atom stereocenters. The summed E-state index contributed by atoms with van der Waals surface area (Å²) in [7, 11) is 0. The summed E-state index contributed by atoms with van der Waals surface area (Å²) in [5.41, 5.74) is 0.980. The number of rotatable bonds is 2. The third-order valence-electron chi connectivity index (χ3n) is 2.58. The second kappa shape index (κ2) is 3.78. The van der Waals surface area contributed by atoms with Crippen molar-refractivity contribution in [2.45, 2.75) is 18.9 Å². The van der Waals surface area contributed by atoms with Crippen LogP contribution < -0.4 is 0 Å². The topological polar surface area (TPSA) is 46.5 Å². The van der Waals surface area contributed by atoms with Crippen molar-refractivity contribution in [2.75, 3.05) is 0 Å². The Bertz CT molecular complexity index is 585. The highest BCUT2D eigenvalue weighted by molar-refractivity contribution is 9.10. The zero-order chi connectivity index (χ0) is 11.1. The van der Waals surface area contributed by atoms with Crippen LogP contribution >= 0.6 is 28.1 Å². The van der Waals surface area contributed by atoms with Crippen LogP contribution in [0.15, 0.2) is 22.9 Å². The molecule has 2 heterocycles. The summed E-state index contributed by atoms with van der Waals surface area (Å²) in [5, 5.41) is 7.12. The van der Waals surface area contributed by atoms with Crippen molar-refractivity contribution < 1.29 is 0 Å². The Morgan fingerprint density at radius 1 is 1.44 bits per heavy atom. The van der Waals surface area contributed by atoms with Crippen LogP contribution in [0.25, 0.3) is 11.4 Å². The van der Waals surface area contributed by atoms with Gasteiger partial charge in [-0.2, -0.15) is 5.10 Å². The molecule has 0 radical (unpaired) electrons. The predicted molar refractivity (Wildman–Crippen MR) is 66.6 cm³/mol. The fourth-order valence-electron chi connectivity index (χ4n) is 1.71. The average Bonchev–Trinajstić information content (AvgIpc) is 3.02. The van der Waals surface area contributed by atoms with Crippen molar-refractivity contribution in [1.29, 1.82) is 0 Å². The minimum atomic E-state index is 0.514. The van der Waals surface area contributed by atoms with E-state index in [1.807, 2.05) is 6.07 Å². The zero-order valence-electron chi connectivity index (χ0n) is 8.35. The average molecular weight is 297 g/mol. The Kier molecular flexibility index (Phi) is 2.40. The van der Waals surface area contributed by atoms with Crippen molar-refractivity contribution in [3.63, 3.8) is 0 Å². The first-order valence-electron chi connectivity index (χ1n) is 5.03. The van der Waals surface area contributed by atoms with Gasteiger partial charge in [0.25, 0.3) is 0 Å². The normalized spacial score (nSPS) is 15.3. The summed E-state index contributed by atoms with van der Waals surface area (Å²) in [5.74, 6) is 0.876. The van der Waals surface area contributed by atoms with Crippen molar-refractivity contribution in [3.8, 4) is 11.4 Å². The Labute approximate surface area is 106 Å². The molecular weight excluding hydrogens is 288 g/mol. The molecule has 6 heteroatoms. The van der Waals surface area contributed by atoms with Crippen LogP contribution in [-0.2, 0) is 0 Å². The summed E-state index contributed by atoms with van der Waals surface area (Å²) in [4.78, 5) is 4.14. The molecule has 3 rings (SSSR count). The van der Waals surface area contributed by atoms with E-state index in [4.69, 9.17) is 12.2 Å². The molecule has 0 aromatic carbocycles. The molecule has 2 aromatic rings. The van der Waals surface area contributed by atoms with Crippen LogP contribution in [0.5, 0.6) is 0 Å². The number of aromatic amines is 1. The van der Waals surface area contributed by atoms with E-state index in [2.05, 4.69) is 35.7 Å². The highest BCUT2D eigenvalue weighted by atomic mass is 79.9. The minimum absolute atomic E-state index is 0.514. The number of nitrogens with zero attached hydrogens (tertiary/aromatic N) is 3. The summed E-state index contributed by atoms with van der Waals surface area (Å²) in [6, 6.07) is 2.51. The first-order chi connectivity index (χ1) is 7.75. The maximum Gasteiger partial charge on any atom is 0.195 e. The van der Waals surface area contributed by atoms with Gasteiger partial charge in [0.05, 0.1) is 0 Å². The van der Waals surface area contributed by atoms with E-state index in [1.54, 1.807) is 12.4 Å². The molecule has 1 aliphatic carbocycles. The molecule has 1 fully saturated rings. The van der Waals surface area contributed by atoms with Crippen LogP contribution in [-0.4, -0.2) is 19.7 Å². The van der Waals surface area contributed by atoms with Gasteiger partial charge in [0.15, 0.2) is 10.6 Å². The van der Waals surface area contributed by atoms with E-state index >= 15 is 0 Å². The Morgan fingerprint density at radius 3 is 2.94 bits per heavy atom. The lowest BCUT2D eigenvalue weighted by Gasteiger charge is -2.04. The van der Waals surface area contributed by atoms with Crippen molar-refractivity contribution in [3.05, 3.63) is 27.7 Å². The van der Waals surface area contributed by atoms with Crippen molar-refractivity contribution in [1.82, 2.24) is 19.7 Å². The smallest absolute Gasteiger partial charge is 0.195 e. The number of hydrogen-bond acceptors (Lipinski definition) is 3. The standard InChI is InChI=1S/C10H9BrN4S/c11-7-3-6(4-12-5-7)9-13-14-10(16)15(9)8-1-2-8/h3-5,8H,1-2H2,(H,14,16). The largest absolute Gasteiger partial charge is 0.297 e. The van der Waals surface area contributed by atoms with Gasteiger partial charge in [-0.3, -0.25) is 14.6 Å². The highest BCUT2D eigenvalue weighted by Gasteiger charge is 2.27. The Balaban J connectivity index is 2.16. The van der Waals surface area contributed by atoms with E-state index in [0.717, 1.165) is 15.9 Å². The van der Waals surface area contributed by atoms with E-state index in [0.29, 0.717) is 10.8 Å². The van der Waals surface area contributed by atoms with Gasteiger partial charge in [-0.15, -0.1) is 0 Å². The second-order valence-corrected chi connectivity index (χ2v) is 5.15. The van der Waals surface area contributed by atoms with Gasteiger partial charge in [0.1, 0.15) is 0 Å². The van der Waals surface area contributed by atoms with Gasteiger partial charge in [0, 0.05) is 28.5 Å². The van der Waals surface area contributed by atoms with Gasteiger partial charge < -0.3 is 0 Å². The Morgan fingerprint density at radius 2 is 2.25 bits per heavy atom. The lowest BCUT2D eigenvalue weighted by atomic mass is 10.3. The number of aromatic nitrogens is 4. The number of H-pyrrole nitrogens is 1. The first-order valence-corrected chi connectivity index (χ1v) is 6.23. The fourth-order valence-corrected chi connectivity index (χ4v) is 2.36. The van der Waals surface area contributed by atoms with E-state index < -0.39 is 0 Å². The zero-order valence-corrected chi connectivity index (χ0v) is 10.8. The van der Waals surface area contributed by atoms with Crippen molar-refractivity contribution in [2.24, 2.45) is 0 Å². The van der Waals surface area contributed by atoms with E-state index in [1.165, 1.54) is 12.8 Å². The van der Waals surface area contributed by atoms with E-state index in [9.17, 15) is 0 Å². The van der Waals surface area contributed by atoms with Gasteiger partial charge >= 0.3 is 0 Å². The number of halogens is 1. The van der Waals surface area contributed by atoms with Crippen LogP contribution in [0.3, 0.4) is 0 Å². The molecule has 0 spiro atoms. The molecule has 0 unspecified atom stereocenters. The molecule has 4 nitrogen and oxygen atoms in total. The third kappa shape index (κ3) is 1.72. The summed E-state index contributed by atoms with van der Waals surface area (Å²) in [6.45, 7) is 0. The van der Waals surface area contributed by atoms with Crippen LogP contribution in [0.1, 0.15) is 18.9 Å². The quantitative estimate of drug-likeness (QED) is 0.866. The monoisotopic (exact) mass is 296 g/mol.